The molecule has 0 aliphatic rings. The van der Waals surface area contributed by atoms with Gasteiger partial charge in [0.1, 0.15) is 6.29 Å². The van der Waals surface area contributed by atoms with Gasteiger partial charge >= 0.3 is 0 Å². The van der Waals surface area contributed by atoms with E-state index in [1.807, 2.05) is 6.92 Å². The molecule has 0 aromatic rings. The first-order valence-electron chi connectivity index (χ1n) is 4.25. The predicted molar refractivity (Wildman–Crippen MR) is 49.8 cm³/mol. The standard InChI is InChI=1S/C10H18O2/c1-5-12-8-9(7-11)6-10(2,3)4/h7-8H,5-6H2,1-4H3. The molecule has 0 bridgehead atoms. The van der Waals surface area contributed by atoms with Gasteiger partial charge in [-0.1, -0.05) is 20.8 Å². The van der Waals surface area contributed by atoms with Crippen LogP contribution in [-0.4, -0.2) is 12.9 Å². The van der Waals surface area contributed by atoms with Crippen molar-refractivity contribution in [2.45, 2.75) is 34.1 Å². The summed E-state index contributed by atoms with van der Waals surface area (Å²) >= 11 is 0. The van der Waals surface area contributed by atoms with Crippen LogP contribution in [0.2, 0.25) is 0 Å². The largest absolute Gasteiger partial charge is 0.501 e. The first-order chi connectivity index (χ1) is 5.49. The third-order valence-electron chi connectivity index (χ3n) is 1.29. The van der Waals surface area contributed by atoms with Gasteiger partial charge in [0.15, 0.2) is 0 Å². The summed E-state index contributed by atoms with van der Waals surface area (Å²) in [5.41, 5.74) is 0.869. The molecule has 0 radical (unpaired) electrons. The van der Waals surface area contributed by atoms with E-state index in [0.29, 0.717) is 6.61 Å². The Morgan fingerprint density at radius 1 is 1.42 bits per heavy atom. The zero-order valence-corrected chi connectivity index (χ0v) is 8.39. The average molecular weight is 170 g/mol. The molecule has 0 aromatic carbocycles. The quantitative estimate of drug-likeness (QED) is 0.368. The lowest BCUT2D eigenvalue weighted by Gasteiger charge is -2.17. The summed E-state index contributed by atoms with van der Waals surface area (Å²) < 4.78 is 5.04. The summed E-state index contributed by atoms with van der Waals surface area (Å²) in [5, 5.41) is 0. The molecule has 0 unspecified atom stereocenters. The highest BCUT2D eigenvalue weighted by molar-refractivity contribution is 5.72. The van der Waals surface area contributed by atoms with Gasteiger partial charge < -0.3 is 4.74 Å². The average Bonchev–Trinajstić information content (AvgIpc) is 1.95. The zero-order valence-electron chi connectivity index (χ0n) is 8.39. The van der Waals surface area contributed by atoms with E-state index < -0.39 is 0 Å². The lowest BCUT2D eigenvalue weighted by molar-refractivity contribution is -0.105. The Morgan fingerprint density at radius 2 is 2.00 bits per heavy atom. The zero-order chi connectivity index (χ0) is 9.61. The van der Waals surface area contributed by atoms with Gasteiger partial charge in [0.05, 0.1) is 12.9 Å². The highest BCUT2D eigenvalue weighted by Gasteiger charge is 2.12. The number of aldehydes is 1. The van der Waals surface area contributed by atoms with Gasteiger partial charge in [0.25, 0.3) is 0 Å². The maximum Gasteiger partial charge on any atom is 0.149 e. The Hall–Kier alpha value is -0.790. The molecule has 0 saturated heterocycles. The van der Waals surface area contributed by atoms with Gasteiger partial charge in [-0.3, -0.25) is 4.79 Å². The number of hydrogen-bond donors (Lipinski definition) is 0. The molecule has 0 saturated carbocycles. The predicted octanol–water partition coefficient (Wildman–Crippen LogP) is 2.54. The first-order valence-corrected chi connectivity index (χ1v) is 4.25. The van der Waals surface area contributed by atoms with Crippen molar-refractivity contribution in [1.29, 1.82) is 0 Å². The van der Waals surface area contributed by atoms with E-state index in [1.54, 1.807) is 6.26 Å². The molecule has 0 atom stereocenters. The summed E-state index contributed by atoms with van der Waals surface area (Å²) in [6.45, 7) is 8.79. The number of allylic oxidation sites excluding steroid dienone is 1. The highest BCUT2D eigenvalue weighted by atomic mass is 16.5. The lowest BCUT2D eigenvalue weighted by atomic mass is 9.89. The molecular weight excluding hydrogens is 152 g/mol. The number of ether oxygens (including phenoxy) is 1. The fourth-order valence-corrected chi connectivity index (χ4v) is 0.914. The molecule has 0 aliphatic carbocycles. The Morgan fingerprint density at radius 3 is 2.33 bits per heavy atom. The van der Waals surface area contributed by atoms with E-state index in [2.05, 4.69) is 20.8 Å². The van der Waals surface area contributed by atoms with Crippen LogP contribution in [0.4, 0.5) is 0 Å². The molecule has 0 aromatic heterocycles. The fraction of sp³-hybridized carbons (Fsp3) is 0.700. The second kappa shape index (κ2) is 4.96. The topological polar surface area (TPSA) is 26.3 Å². The van der Waals surface area contributed by atoms with Gasteiger partial charge in [-0.15, -0.1) is 0 Å². The van der Waals surface area contributed by atoms with E-state index >= 15 is 0 Å². The Labute approximate surface area is 74.6 Å². The van der Waals surface area contributed by atoms with Crippen molar-refractivity contribution in [1.82, 2.24) is 0 Å². The van der Waals surface area contributed by atoms with Crippen molar-refractivity contribution < 1.29 is 9.53 Å². The van der Waals surface area contributed by atoms with E-state index in [4.69, 9.17) is 4.74 Å². The highest BCUT2D eigenvalue weighted by Crippen LogP contribution is 2.22. The van der Waals surface area contributed by atoms with Crippen LogP contribution in [0.15, 0.2) is 11.8 Å². The summed E-state index contributed by atoms with van der Waals surface area (Å²) in [4.78, 5) is 10.5. The molecule has 0 fully saturated rings. The van der Waals surface area contributed by atoms with E-state index in [-0.39, 0.29) is 5.41 Å². The van der Waals surface area contributed by atoms with Crippen molar-refractivity contribution in [3.63, 3.8) is 0 Å². The van der Waals surface area contributed by atoms with Crippen LogP contribution in [0.25, 0.3) is 0 Å². The number of hydrogen-bond acceptors (Lipinski definition) is 2. The number of rotatable bonds is 4. The van der Waals surface area contributed by atoms with Crippen LogP contribution >= 0.6 is 0 Å². The van der Waals surface area contributed by atoms with Gasteiger partial charge in [0, 0.05) is 5.57 Å². The SMILES string of the molecule is CCOC=C(C=O)CC(C)(C)C. The minimum Gasteiger partial charge on any atom is -0.501 e. The Kier molecular flexibility index (Phi) is 4.64. The molecule has 0 amide bonds. The minimum atomic E-state index is 0.143. The summed E-state index contributed by atoms with van der Waals surface area (Å²) in [5.74, 6) is 0. The summed E-state index contributed by atoms with van der Waals surface area (Å²) in [6, 6.07) is 0. The maximum absolute atomic E-state index is 10.5. The Balaban J connectivity index is 4.08. The smallest absolute Gasteiger partial charge is 0.149 e. The van der Waals surface area contributed by atoms with Gasteiger partial charge in [-0.25, -0.2) is 0 Å². The second-order valence-electron chi connectivity index (χ2n) is 4.00. The third kappa shape index (κ3) is 5.96. The van der Waals surface area contributed by atoms with E-state index in [9.17, 15) is 4.79 Å². The molecular formula is C10H18O2. The van der Waals surface area contributed by atoms with Crippen LogP contribution in [-0.2, 0) is 9.53 Å². The van der Waals surface area contributed by atoms with Crippen LogP contribution in [0.1, 0.15) is 34.1 Å². The van der Waals surface area contributed by atoms with E-state index in [0.717, 1.165) is 18.3 Å². The minimum absolute atomic E-state index is 0.143. The third-order valence-corrected chi connectivity index (χ3v) is 1.29. The molecule has 2 heteroatoms. The van der Waals surface area contributed by atoms with Gasteiger partial charge in [-0.2, -0.15) is 0 Å². The monoisotopic (exact) mass is 170 g/mol. The van der Waals surface area contributed by atoms with Crippen molar-refractivity contribution in [3.8, 4) is 0 Å². The van der Waals surface area contributed by atoms with E-state index in [1.165, 1.54) is 0 Å². The van der Waals surface area contributed by atoms with Gasteiger partial charge in [-0.05, 0) is 18.8 Å². The van der Waals surface area contributed by atoms with Gasteiger partial charge in [0.2, 0.25) is 0 Å². The number of carbonyl (C=O) groups excluding carboxylic acids is 1. The van der Waals surface area contributed by atoms with Crippen molar-refractivity contribution in [3.05, 3.63) is 11.8 Å². The molecule has 70 valence electrons. The normalized spacial score (nSPS) is 12.8. The molecule has 0 N–H and O–H groups in total. The Bertz CT molecular complexity index is 163. The van der Waals surface area contributed by atoms with Crippen molar-refractivity contribution >= 4 is 6.29 Å². The molecule has 0 aliphatic heterocycles. The molecule has 2 nitrogen and oxygen atoms in total. The lowest BCUT2D eigenvalue weighted by Crippen LogP contribution is -2.07. The summed E-state index contributed by atoms with van der Waals surface area (Å²) in [7, 11) is 0. The molecule has 0 heterocycles. The van der Waals surface area contributed by atoms with Crippen LogP contribution < -0.4 is 0 Å². The van der Waals surface area contributed by atoms with Crippen molar-refractivity contribution in [2.75, 3.05) is 6.61 Å². The number of carbonyl (C=O) groups is 1. The first kappa shape index (κ1) is 11.2. The van der Waals surface area contributed by atoms with Crippen molar-refractivity contribution in [2.24, 2.45) is 5.41 Å². The molecule has 0 spiro atoms. The fourth-order valence-electron chi connectivity index (χ4n) is 0.914. The second-order valence-corrected chi connectivity index (χ2v) is 4.00. The van der Waals surface area contributed by atoms with Crippen LogP contribution in [0.3, 0.4) is 0 Å². The summed E-state index contributed by atoms with van der Waals surface area (Å²) in [6.07, 6.45) is 3.18. The molecule has 0 rings (SSSR count). The maximum atomic E-state index is 10.5. The molecule has 12 heavy (non-hydrogen) atoms. The van der Waals surface area contributed by atoms with Crippen LogP contribution in [0.5, 0.6) is 0 Å². The van der Waals surface area contributed by atoms with Crippen LogP contribution in [0, 0.1) is 5.41 Å².